The van der Waals surface area contributed by atoms with E-state index in [0.717, 1.165) is 9.80 Å². The highest BCUT2D eigenvalue weighted by atomic mass is 79.9. The predicted octanol–water partition coefficient (Wildman–Crippen LogP) is 3.06. The van der Waals surface area contributed by atoms with E-state index in [9.17, 15) is 24.3 Å². The molecule has 1 aliphatic heterocycles. The van der Waals surface area contributed by atoms with Gasteiger partial charge in [-0.15, -0.1) is 0 Å². The predicted molar refractivity (Wildman–Crippen MR) is 115 cm³/mol. The van der Waals surface area contributed by atoms with Crippen LogP contribution in [0.4, 0.5) is 4.79 Å². The number of rotatable bonds is 3. The van der Waals surface area contributed by atoms with Crippen LogP contribution in [-0.2, 0) is 9.59 Å². The van der Waals surface area contributed by atoms with Crippen LogP contribution in [0.25, 0.3) is 11.0 Å². The van der Waals surface area contributed by atoms with Crippen molar-refractivity contribution in [3.8, 4) is 5.75 Å². The monoisotopic (exact) mass is 484 g/mol. The van der Waals surface area contributed by atoms with Crippen molar-refractivity contribution >= 4 is 44.7 Å². The van der Waals surface area contributed by atoms with E-state index in [2.05, 4.69) is 15.9 Å². The minimum atomic E-state index is -1.45. The molecule has 31 heavy (non-hydrogen) atoms. The number of hydrogen-bond donors (Lipinski definition) is 1. The van der Waals surface area contributed by atoms with Gasteiger partial charge < -0.3 is 9.52 Å². The van der Waals surface area contributed by atoms with E-state index in [-0.39, 0.29) is 22.3 Å². The van der Waals surface area contributed by atoms with Gasteiger partial charge in [-0.1, -0.05) is 40.2 Å². The molecule has 0 saturated carbocycles. The summed E-state index contributed by atoms with van der Waals surface area (Å²) in [5, 5.41) is 11.3. The summed E-state index contributed by atoms with van der Waals surface area (Å²) in [5.74, 6) is -4.55. The Morgan fingerprint density at radius 2 is 1.61 bits per heavy atom. The van der Waals surface area contributed by atoms with Crippen LogP contribution >= 0.6 is 15.9 Å². The molecule has 1 fully saturated rings. The Labute approximate surface area is 184 Å². The maximum absolute atomic E-state index is 13.1. The number of urea groups is 1. The molecule has 0 bridgehead atoms. The van der Waals surface area contributed by atoms with E-state index >= 15 is 0 Å². The van der Waals surface area contributed by atoms with Gasteiger partial charge in [0, 0.05) is 24.5 Å². The first-order chi connectivity index (χ1) is 14.7. The summed E-state index contributed by atoms with van der Waals surface area (Å²) >= 11 is 3.36. The summed E-state index contributed by atoms with van der Waals surface area (Å²) in [5.41, 5.74) is -0.494. The van der Waals surface area contributed by atoms with Gasteiger partial charge in [0.2, 0.25) is 11.8 Å². The number of carbonyl (C=O) groups excluding carboxylic acids is 3. The number of imide groups is 2. The van der Waals surface area contributed by atoms with Crippen molar-refractivity contribution in [2.45, 2.75) is 5.92 Å². The summed E-state index contributed by atoms with van der Waals surface area (Å²) in [6.45, 7) is 0. The minimum Gasteiger partial charge on any atom is -0.507 e. The average Bonchev–Trinajstić information content (AvgIpc) is 2.75. The van der Waals surface area contributed by atoms with Crippen LogP contribution in [0.3, 0.4) is 0 Å². The molecule has 1 unspecified atom stereocenters. The largest absolute Gasteiger partial charge is 0.507 e. The first kappa shape index (κ1) is 20.8. The molecule has 1 aromatic heterocycles. The lowest BCUT2D eigenvalue weighted by atomic mass is 9.78. The summed E-state index contributed by atoms with van der Waals surface area (Å²) < 4.78 is 6.04. The van der Waals surface area contributed by atoms with Crippen molar-refractivity contribution in [2.24, 2.45) is 5.92 Å². The normalized spacial score (nSPS) is 16.3. The smallest absolute Gasteiger partial charge is 0.343 e. The lowest BCUT2D eigenvalue weighted by Gasteiger charge is -2.36. The van der Waals surface area contributed by atoms with Crippen LogP contribution in [0.5, 0.6) is 5.75 Å². The van der Waals surface area contributed by atoms with E-state index in [0.29, 0.717) is 10.0 Å². The molecule has 0 spiro atoms. The fourth-order valence-corrected chi connectivity index (χ4v) is 4.29. The number of hydrogen-bond acceptors (Lipinski definition) is 6. The number of amides is 4. The van der Waals surface area contributed by atoms with Crippen LogP contribution in [0, 0.1) is 5.92 Å². The van der Waals surface area contributed by atoms with E-state index < -0.39 is 35.3 Å². The molecular formula is C22H17BrN2O6. The first-order valence-corrected chi connectivity index (χ1v) is 10.1. The SMILES string of the molecule is CN1C(=O)C(C(c2cccc(Br)c2)c2c(O)c3ccccc3oc2=O)C(=O)N(C)C1=O. The van der Waals surface area contributed by atoms with Gasteiger partial charge in [-0.05, 0) is 29.8 Å². The molecular weight excluding hydrogens is 468 g/mol. The van der Waals surface area contributed by atoms with Gasteiger partial charge in [-0.2, -0.15) is 0 Å². The lowest BCUT2D eigenvalue weighted by molar-refractivity contribution is -0.148. The van der Waals surface area contributed by atoms with Crippen LogP contribution in [0.2, 0.25) is 0 Å². The van der Waals surface area contributed by atoms with Gasteiger partial charge in [-0.3, -0.25) is 19.4 Å². The van der Waals surface area contributed by atoms with Gasteiger partial charge in [0.05, 0.1) is 10.9 Å². The van der Waals surface area contributed by atoms with Crippen molar-refractivity contribution in [1.29, 1.82) is 0 Å². The summed E-state index contributed by atoms with van der Waals surface area (Å²) in [6.07, 6.45) is 0. The molecule has 2 aromatic carbocycles. The zero-order valence-electron chi connectivity index (χ0n) is 16.5. The van der Waals surface area contributed by atoms with Gasteiger partial charge in [-0.25, -0.2) is 9.59 Å². The van der Waals surface area contributed by atoms with Crippen molar-refractivity contribution < 1.29 is 23.9 Å². The number of halogens is 1. The Balaban J connectivity index is 2.03. The topological polar surface area (TPSA) is 108 Å². The molecule has 1 N–H and O–H groups in total. The Hall–Kier alpha value is -3.46. The summed E-state index contributed by atoms with van der Waals surface area (Å²) in [6, 6.07) is 12.4. The highest BCUT2D eigenvalue weighted by molar-refractivity contribution is 9.10. The number of nitrogens with zero attached hydrogens (tertiary/aromatic N) is 2. The van der Waals surface area contributed by atoms with Crippen molar-refractivity contribution in [3.63, 3.8) is 0 Å². The minimum absolute atomic E-state index is 0.174. The van der Waals surface area contributed by atoms with Crippen LogP contribution in [0.15, 0.2) is 62.2 Å². The zero-order valence-corrected chi connectivity index (χ0v) is 18.1. The van der Waals surface area contributed by atoms with Crippen LogP contribution in [0.1, 0.15) is 17.0 Å². The summed E-state index contributed by atoms with van der Waals surface area (Å²) in [4.78, 5) is 53.0. The molecule has 3 aromatic rings. The zero-order chi connectivity index (χ0) is 22.4. The maximum atomic E-state index is 13.1. The molecule has 1 saturated heterocycles. The molecule has 1 aliphatic rings. The second-order valence-electron chi connectivity index (χ2n) is 7.24. The third kappa shape index (κ3) is 3.31. The van der Waals surface area contributed by atoms with Gasteiger partial charge in [0.15, 0.2) is 0 Å². The Bertz CT molecular complexity index is 1280. The van der Waals surface area contributed by atoms with E-state index in [1.165, 1.54) is 20.2 Å². The number of fused-ring (bicyclic) bond motifs is 1. The molecule has 4 amide bonds. The third-order valence-corrected chi connectivity index (χ3v) is 5.93. The fraction of sp³-hybridized carbons (Fsp3) is 0.182. The molecule has 4 rings (SSSR count). The molecule has 158 valence electrons. The average molecular weight is 485 g/mol. The van der Waals surface area contributed by atoms with Crippen LogP contribution < -0.4 is 5.63 Å². The quantitative estimate of drug-likeness (QED) is 0.452. The number of para-hydroxylation sites is 1. The van der Waals surface area contributed by atoms with Gasteiger partial charge >= 0.3 is 11.7 Å². The Morgan fingerprint density at radius 3 is 2.26 bits per heavy atom. The van der Waals surface area contributed by atoms with Crippen molar-refractivity contribution in [2.75, 3.05) is 14.1 Å². The Kier molecular flexibility index (Phi) is 5.14. The van der Waals surface area contributed by atoms with Crippen LogP contribution in [-0.4, -0.2) is 46.8 Å². The molecule has 1 atom stereocenters. The maximum Gasteiger partial charge on any atom is 0.343 e. The summed E-state index contributed by atoms with van der Waals surface area (Å²) in [7, 11) is 2.53. The van der Waals surface area contributed by atoms with Gasteiger partial charge in [0.1, 0.15) is 17.3 Å². The number of barbiturate groups is 1. The lowest BCUT2D eigenvalue weighted by Crippen LogP contribution is -2.58. The van der Waals surface area contributed by atoms with Crippen molar-refractivity contribution in [3.05, 3.63) is 74.6 Å². The van der Waals surface area contributed by atoms with E-state index in [1.807, 2.05) is 0 Å². The number of benzene rings is 2. The molecule has 0 aliphatic carbocycles. The second-order valence-corrected chi connectivity index (χ2v) is 8.15. The molecule has 0 radical (unpaired) electrons. The highest BCUT2D eigenvalue weighted by Crippen LogP contribution is 2.41. The van der Waals surface area contributed by atoms with E-state index in [1.54, 1.807) is 42.5 Å². The first-order valence-electron chi connectivity index (χ1n) is 9.31. The molecule has 2 heterocycles. The number of carbonyl (C=O) groups is 3. The van der Waals surface area contributed by atoms with Crippen molar-refractivity contribution in [1.82, 2.24) is 9.80 Å². The standard InChI is InChI=1S/C22H17BrN2O6/c1-24-19(27)17(20(28)25(2)22(24)30)15(11-6-5-7-12(23)10-11)16-18(26)13-8-3-4-9-14(13)31-21(16)29/h3-10,15,17,26H,1-2H3. The van der Waals surface area contributed by atoms with Gasteiger partial charge in [0.25, 0.3) is 0 Å². The molecule has 8 nitrogen and oxygen atoms in total. The fourth-order valence-electron chi connectivity index (χ4n) is 3.87. The third-order valence-electron chi connectivity index (χ3n) is 5.44. The number of aromatic hydroxyl groups is 1. The highest BCUT2D eigenvalue weighted by Gasteiger charge is 2.49. The van der Waals surface area contributed by atoms with E-state index in [4.69, 9.17) is 4.42 Å². The Morgan fingerprint density at radius 1 is 0.968 bits per heavy atom. The second kappa shape index (κ2) is 7.66. The molecule has 9 heteroatoms.